The molecule has 0 aliphatic carbocycles. The van der Waals surface area contributed by atoms with Crippen LogP contribution in [-0.4, -0.2) is 27.9 Å². The molecule has 2 heterocycles. The highest BCUT2D eigenvalue weighted by atomic mass is 19.4. The molecule has 3 aromatic rings. The summed E-state index contributed by atoms with van der Waals surface area (Å²) in [7, 11) is 0. The first-order valence-electron chi connectivity index (χ1n) is 11.8. The lowest BCUT2D eigenvalue weighted by Crippen LogP contribution is -2.58. The summed E-state index contributed by atoms with van der Waals surface area (Å²) in [5.41, 5.74) is -3.57. The van der Waals surface area contributed by atoms with Crippen LogP contribution in [0.25, 0.3) is 0 Å². The van der Waals surface area contributed by atoms with Crippen molar-refractivity contribution in [3.63, 3.8) is 0 Å². The van der Waals surface area contributed by atoms with E-state index in [0.717, 1.165) is 5.56 Å². The maximum atomic E-state index is 13.4. The number of halogens is 6. The third kappa shape index (κ3) is 5.68. The van der Waals surface area contributed by atoms with Crippen molar-refractivity contribution in [2.45, 2.75) is 55.7 Å². The number of piperidine rings is 1. The maximum Gasteiger partial charge on any atom is 0.416 e. The van der Waals surface area contributed by atoms with Crippen LogP contribution >= 0.6 is 0 Å². The molecule has 0 saturated carbocycles. The van der Waals surface area contributed by atoms with Crippen LogP contribution in [-0.2, 0) is 28.2 Å². The summed E-state index contributed by atoms with van der Waals surface area (Å²) < 4.78 is 87.9. The highest BCUT2D eigenvalue weighted by Crippen LogP contribution is 2.41. The van der Waals surface area contributed by atoms with Crippen molar-refractivity contribution in [2.75, 3.05) is 13.2 Å². The molecule has 0 radical (unpaired) electrons. The van der Waals surface area contributed by atoms with Crippen molar-refractivity contribution in [1.82, 2.24) is 20.1 Å². The number of hydrogen-bond donors (Lipinski definition) is 1. The zero-order valence-electron chi connectivity index (χ0n) is 20.4. The average Bonchev–Trinajstić information content (AvgIpc) is 3.44. The highest BCUT2D eigenvalue weighted by Gasteiger charge is 2.45. The van der Waals surface area contributed by atoms with Crippen LogP contribution in [0.15, 0.2) is 61.2 Å². The lowest BCUT2D eigenvalue weighted by Gasteiger charge is -2.47. The average molecular weight is 538 g/mol. The molecule has 3 atom stereocenters. The van der Waals surface area contributed by atoms with Gasteiger partial charge < -0.3 is 14.6 Å². The van der Waals surface area contributed by atoms with Crippen molar-refractivity contribution < 1.29 is 31.1 Å². The Balaban J connectivity index is 1.61. The number of nitriles is 1. The fraction of sp³-hybridized carbons (Fsp3) is 0.423. The highest BCUT2D eigenvalue weighted by molar-refractivity contribution is 5.35. The Hall–Kier alpha value is -3.43. The molecule has 6 nitrogen and oxygen atoms in total. The molecule has 1 aromatic heterocycles. The number of benzene rings is 2. The van der Waals surface area contributed by atoms with Crippen LogP contribution < -0.4 is 5.32 Å². The smallest absolute Gasteiger partial charge is 0.372 e. The number of ether oxygens (including phenoxy) is 1. The largest absolute Gasteiger partial charge is 0.416 e. The lowest BCUT2D eigenvalue weighted by atomic mass is 9.75. The fourth-order valence-electron chi connectivity index (χ4n) is 4.80. The van der Waals surface area contributed by atoms with Crippen molar-refractivity contribution in [3.05, 3.63) is 83.4 Å². The van der Waals surface area contributed by atoms with Gasteiger partial charge in [0.2, 0.25) is 0 Å². The van der Waals surface area contributed by atoms with E-state index in [1.165, 1.54) is 6.92 Å². The SMILES string of the molecule is C[C@@H](OC[C@@]1(c2ccccc2)CC[C@@](CC#N)(n2cnnc2)CN1)c1cc(C(F)(F)F)cc(C(F)(F)F)c1. The van der Waals surface area contributed by atoms with E-state index in [1.807, 2.05) is 30.3 Å². The minimum atomic E-state index is -4.95. The molecule has 0 bridgehead atoms. The van der Waals surface area contributed by atoms with Crippen LogP contribution in [0.4, 0.5) is 26.3 Å². The molecule has 2 aromatic carbocycles. The Bertz CT molecular complexity index is 1230. The molecule has 1 aliphatic rings. The molecule has 12 heteroatoms. The standard InChI is InChI=1S/C26H25F6N5O/c1-18(19-11-21(25(27,28)29)13-22(12-19)26(30,31)32)38-15-24(20-5-3-2-4-6-20)8-7-23(9-10-33,14-34-24)37-16-35-36-17-37/h2-6,11-13,16-18,34H,7-9,14-15H2,1H3/t18-,23+,24-/m1/s1. The topological polar surface area (TPSA) is 75.8 Å². The second-order valence-corrected chi connectivity index (χ2v) is 9.52. The Labute approximate surface area is 215 Å². The second kappa shape index (κ2) is 10.4. The van der Waals surface area contributed by atoms with Crippen molar-refractivity contribution in [2.24, 2.45) is 0 Å². The number of aromatic nitrogens is 3. The summed E-state index contributed by atoms with van der Waals surface area (Å²) in [6, 6.07) is 12.9. The Kier molecular flexibility index (Phi) is 7.54. The summed E-state index contributed by atoms with van der Waals surface area (Å²) in [6.45, 7) is 1.74. The van der Waals surface area contributed by atoms with Gasteiger partial charge in [-0.25, -0.2) is 0 Å². The summed E-state index contributed by atoms with van der Waals surface area (Å²) in [5.74, 6) is 0. The van der Waals surface area contributed by atoms with Gasteiger partial charge in [0.05, 0.1) is 47.4 Å². The second-order valence-electron chi connectivity index (χ2n) is 9.52. The molecule has 1 N–H and O–H groups in total. The predicted molar refractivity (Wildman–Crippen MR) is 124 cm³/mol. The van der Waals surface area contributed by atoms with Gasteiger partial charge in [-0.05, 0) is 49.1 Å². The van der Waals surface area contributed by atoms with Gasteiger partial charge in [0.15, 0.2) is 0 Å². The minimum absolute atomic E-state index is 0.0272. The zero-order chi connectivity index (χ0) is 27.6. The molecule has 0 spiro atoms. The summed E-state index contributed by atoms with van der Waals surface area (Å²) in [5, 5.41) is 20.7. The molecule has 38 heavy (non-hydrogen) atoms. The van der Waals surface area contributed by atoms with Crippen molar-refractivity contribution >= 4 is 0 Å². The van der Waals surface area contributed by atoms with Gasteiger partial charge in [0, 0.05) is 6.54 Å². The van der Waals surface area contributed by atoms with Gasteiger partial charge in [-0.15, -0.1) is 10.2 Å². The Morgan fingerprint density at radius 2 is 1.61 bits per heavy atom. The quantitative estimate of drug-likeness (QED) is 0.375. The van der Waals surface area contributed by atoms with Gasteiger partial charge in [-0.1, -0.05) is 30.3 Å². The van der Waals surface area contributed by atoms with E-state index in [1.54, 1.807) is 17.2 Å². The number of alkyl halides is 6. The van der Waals surface area contributed by atoms with Crippen LogP contribution in [0.5, 0.6) is 0 Å². The third-order valence-corrected chi connectivity index (χ3v) is 7.13. The monoisotopic (exact) mass is 537 g/mol. The van der Waals surface area contributed by atoms with Gasteiger partial charge in [-0.3, -0.25) is 0 Å². The number of nitrogens with one attached hydrogen (secondary N) is 1. The lowest BCUT2D eigenvalue weighted by molar-refractivity contribution is -0.143. The first-order valence-corrected chi connectivity index (χ1v) is 11.8. The fourth-order valence-corrected chi connectivity index (χ4v) is 4.80. The van der Waals surface area contributed by atoms with E-state index in [0.29, 0.717) is 31.5 Å². The van der Waals surface area contributed by atoms with Crippen molar-refractivity contribution in [3.8, 4) is 6.07 Å². The first-order chi connectivity index (χ1) is 17.9. The van der Waals surface area contributed by atoms with E-state index >= 15 is 0 Å². The summed E-state index contributed by atoms with van der Waals surface area (Å²) in [4.78, 5) is 0. The molecule has 0 amide bonds. The number of nitrogens with zero attached hydrogens (tertiary/aromatic N) is 4. The molecule has 0 unspecified atom stereocenters. The Morgan fingerprint density at radius 1 is 1.00 bits per heavy atom. The van der Waals surface area contributed by atoms with Crippen LogP contribution in [0.1, 0.15) is 54.5 Å². The van der Waals surface area contributed by atoms with Gasteiger partial charge >= 0.3 is 12.4 Å². The molecule has 4 rings (SSSR count). The Morgan fingerprint density at radius 3 is 2.11 bits per heavy atom. The van der Waals surface area contributed by atoms with E-state index in [2.05, 4.69) is 21.6 Å². The van der Waals surface area contributed by atoms with Crippen LogP contribution in [0.3, 0.4) is 0 Å². The summed E-state index contributed by atoms with van der Waals surface area (Å²) >= 11 is 0. The maximum absolute atomic E-state index is 13.4. The summed E-state index contributed by atoms with van der Waals surface area (Å²) in [6.07, 6.45) is -6.69. The zero-order valence-corrected chi connectivity index (χ0v) is 20.4. The molecular weight excluding hydrogens is 512 g/mol. The van der Waals surface area contributed by atoms with E-state index in [9.17, 15) is 31.6 Å². The molecule has 1 saturated heterocycles. The van der Waals surface area contributed by atoms with Crippen molar-refractivity contribution in [1.29, 1.82) is 5.26 Å². The molecule has 202 valence electrons. The molecule has 1 fully saturated rings. The van der Waals surface area contributed by atoms with Crippen LogP contribution in [0, 0.1) is 11.3 Å². The first kappa shape index (κ1) is 27.6. The third-order valence-electron chi connectivity index (χ3n) is 7.13. The number of hydrogen-bond acceptors (Lipinski definition) is 5. The van der Waals surface area contributed by atoms with E-state index < -0.39 is 40.7 Å². The van der Waals surface area contributed by atoms with Gasteiger partial charge in [0.1, 0.15) is 12.7 Å². The van der Waals surface area contributed by atoms with Gasteiger partial charge in [0.25, 0.3) is 0 Å². The van der Waals surface area contributed by atoms with Crippen LogP contribution in [0.2, 0.25) is 0 Å². The van der Waals surface area contributed by atoms with Gasteiger partial charge in [-0.2, -0.15) is 31.6 Å². The predicted octanol–water partition coefficient (Wildman–Crippen LogP) is 5.98. The molecular formula is C26H25F6N5O. The van der Waals surface area contributed by atoms with E-state index in [-0.39, 0.29) is 24.7 Å². The number of rotatable bonds is 7. The molecule has 1 aliphatic heterocycles. The van der Waals surface area contributed by atoms with E-state index in [4.69, 9.17) is 4.74 Å². The minimum Gasteiger partial charge on any atom is -0.372 e. The normalized spacial score (nSPS) is 23.1.